The molecule has 1 aromatic heterocycles. The Balaban J connectivity index is 1.66. The molecule has 1 aromatic carbocycles. The van der Waals surface area contributed by atoms with Crippen molar-refractivity contribution < 1.29 is 9.59 Å². The smallest absolute Gasteiger partial charge is 0.231 e. The predicted molar refractivity (Wildman–Crippen MR) is 108 cm³/mol. The Morgan fingerprint density at radius 2 is 2.15 bits per heavy atom. The van der Waals surface area contributed by atoms with Crippen LogP contribution in [0.1, 0.15) is 55.2 Å². The molecule has 0 saturated carbocycles. The first-order valence-electron chi connectivity index (χ1n) is 9.41. The summed E-state index contributed by atoms with van der Waals surface area (Å²) in [6.45, 7) is 8.63. The summed E-state index contributed by atoms with van der Waals surface area (Å²) in [5, 5.41) is 12.6. The van der Waals surface area contributed by atoms with Crippen LogP contribution in [0.5, 0.6) is 0 Å². The van der Waals surface area contributed by atoms with Gasteiger partial charge in [0.2, 0.25) is 16.9 Å². The quantitative estimate of drug-likeness (QED) is 0.813. The number of aryl methyl sites for hydroxylation is 2. The number of hydrogen-bond acceptors (Lipinski definition) is 5. The first-order chi connectivity index (χ1) is 12.9. The predicted octanol–water partition coefficient (Wildman–Crippen LogP) is 4.05. The van der Waals surface area contributed by atoms with Crippen LogP contribution in [0.3, 0.4) is 0 Å². The monoisotopic (exact) mass is 386 g/mol. The normalized spacial score (nSPS) is 18.0. The van der Waals surface area contributed by atoms with Crippen molar-refractivity contribution in [2.75, 3.05) is 16.8 Å². The number of carbonyl (C=O) groups excluding carboxylic acids is 2. The van der Waals surface area contributed by atoms with Crippen LogP contribution >= 0.6 is 11.3 Å². The first-order valence-corrected chi connectivity index (χ1v) is 10.2. The molecule has 2 heterocycles. The number of anilines is 2. The topological polar surface area (TPSA) is 75.2 Å². The van der Waals surface area contributed by atoms with Crippen LogP contribution in [0.25, 0.3) is 0 Å². The highest BCUT2D eigenvalue weighted by molar-refractivity contribution is 7.15. The molecule has 2 amide bonds. The minimum atomic E-state index is -0.377. The molecule has 144 valence electrons. The molecule has 2 aromatic rings. The Labute approximate surface area is 164 Å². The van der Waals surface area contributed by atoms with Gasteiger partial charge in [-0.05, 0) is 37.5 Å². The molecule has 7 heteroatoms. The maximum absolute atomic E-state index is 12.6. The van der Waals surface area contributed by atoms with Gasteiger partial charge in [0.05, 0.1) is 5.92 Å². The van der Waals surface area contributed by atoms with Gasteiger partial charge < -0.3 is 10.2 Å². The van der Waals surface area contributed by atoms with Gasteiger partial charge in [-0.15, -0.1) is 10.2 Å². The molecule has 1 saturated heterocycles. The number of hydrogen-bond donors (Lipinski definition) is 1. The van der Waals surface area contributed by atoms with Crippen LogP contribution in [0, 0.1) is 19.8 Å². The maximum Gasteiger partial charge on any atom is 0.231 e. The minimum Gasteiger partial charge on any atom is -0.311 e. The molecule has 6 nitrogen and oxygen atoms in total. The Morgan fingerprint density at radius 3 is 2.89 bits per heavy atom. The minimum absolute atomic E-state index is 0.0154. The second-order valence-electron chi connectivity index (χ2n) is 7.32. The number of benzene rings is 1. The fourth-order valence-corrected chi connectivity index (χ4v) is 4.21. The molecule has 0 spiro atoms. The molecular weight excluding hydrogens is 360 g/mol. The third-order valence-electron chi connectivity index (χ3n) is 4.97. The fraction of sp³-hybridized carbons (Fsp3) is 0.500. The third-order valence-corrected chi connectivity index (χ3v) is 6.04. The van der Waals surface area contributed by atoms with Crippen LogP contribution in [-0.4, -0.2) is 28.6 Å². The van der Waals surface area contributed by atoms with Crippen LogP contribution in [-0.2, 0) is 9.59 Å². The summed E-state index contributed by atoms with van der Waals surface area (Å²) >= 11 is 1.42. The lowest BCUT2D eigenvalue weighted by Gasteiger charge is -2.19. The Morgan fingerprint density at radius 1 is 1.37 bits per heavy atom. The standard InChI is InChI=1S/C20H26N4O2S/c1-5-6-14(4)19-22-23-20(27-19)21-18(26)15-10-17(25)24(11-15)16-9-12(2)7-8-13(16)3/h7-9,14-15H,5-6,10-11H2,1-4H3,(H,21,23,26). The number of aromatic nitrogens is 2. The summed E-state index contributed by atoms with van der Waals surface area (Å²) < 4.78 is 0. The highest BCUT2D eigenvalue weighted by atomic mass is 32.1. The lowest BCUT2D eigenvalue weighted by molar-refractivity contribution is -0.122. The van der Waals surface area contributed by atoms with E-state index in [0.29, 0.717) is 17.6 Å². The van der Waals surface area contributed by atoms with Gasteiger partial charge in [-0.2, -0.15) is 0 Å². The van der Waals surface area contributed by atoms with Crippen molar-refractivity contribution in [2.45, 2.75) is 52.9 Å². The van der Waals surface area contributed by atoms with E-state index in [0.717, 1.165) is 34.7 Å². The van der Waals surface area contributed by atoms with E-state index < -0.39 is 0 Å². The highest BCUT2D eigenvalue weighted by Gasteiger charge is 2.36. The summed E-state index contributed by atoms with van der Waals surface area (Å²) in [6.07, 6.45) is 2.35. The molecule has 1 aliphatic rings. The molecule has 27 heavy (non-hydrogen) atoms. The summed E-state index contributed by atoms with van der Waals surface area (Å²) in [7, 11) is 0. The number of carbonyl (C=O) groups is 2. The van der Waals surface area contributed by atoms with Crippen LogP contribution in [0.15, 0.2) is 18.2 Å². The van der Waals surface area contributed by atoms with Gasteiger partial charge >= 0.3 is 0 Å². The van der Waals surface area contributed by atoms with Crippen molar-refractivity contribution in [1.82, 2.24) is 10.2 Å². The van der Waals surface area contributed by atoms with E-state index in [9.17, 15) is 9.59 Å². The number of rotatable bonds is 6. The summed E-state index contributed by atoms with van der Waals surface area (Å²) in [4.78, 5) is 26.9. The summed E-state index contributed by atoms with van der Waals surface area (Å²) in [5.74, 6) is -0.218. The second kappa shape index (κ2) is 8.17. The highest BCUT2D eigenvalue weighted by Crippen LogP contribution is 2.30. The molecule has 3 rings (SSSR count). The number of nitrogens with zero attached hydrogens (tertiary/aromatic N) is 3. The van der Waals surface area contributed by atoms with Crippen molar-refractivity contribution in [3.05, 3.63) is 34.3 Å². The maximum atomic E-state index is 12.6. The zero-order chi connectivity index (χ0) is 19.6. The van der Waals surface area contributed by atoms with Gasteiger partial charge in [0.15, 0.2) is 0 Å². The van der Waals surface area contributed by atoms with Gasteiger partial charge in [-0.3, -0.25) is 9.59 Å². The summed E-state index contributed by atoms with van der Waals surface area (Å²) in [5.41, 5.74) is 3.02. The van der Waals surface area contributed by atoms with Gasteiger partial charge in [0.1, 0.15) is 5.01 Å². The zero-order valence-corrected chi connectivity index (χ0v) is 17.1. The molecule has 2 atom stereocenters. The third kappa shape index (κ3) is 4.35. The molecular formula is C20H26N4O2S. The van der Waals surface area contributed by atoms with Gasteiger partial charge in [0.25, 0.3) is 0 Å². The van der Waals surface area contributed by atoms with E-state index in [1.807, 2.05) is 32.0 Å². The lowest BCUT2D eigenvalue weighted by atomic mass is 10.1. The number of amides is 2. The second-order valence-corrected chi connectivity index (χ2v) is 8.33. The van der Waals surface area contributed by atoms with E-state index in [1.54, 1.807) is 4.90 Å². The van der Waals surface area contributed by atoms with Gasteiger partial charge in [-0.25, -0.2) is 0 Å². The van der Waals surface area contributed by atoms with Crippen molar-refractivity contribution >= 4 is 34.0 Å². The molecule has 1 fully saturated rings. The molecule has 0 aliphatic carbocycles. The van der Waals surface area contributed by atoms with Crippen LogP contribution in [0.4, 0.5) is 10.8 Å². The zero-order valence-electron chi connectivity index (χ0n) is 16.3. The van der Waals surface area contributed by atoms with E-state index >= 15 is 0 Å². The molecule has 1 aliphatic heterocycles. The molecule has 0 bridgehead atoms. The van der Waals surface area contributed by atoms with Crippen molar-refractivity contribution in [2.24, 2.45) is 5.92 Å². The molecule has 0 radical (unpaired) electrons. The number of nitrogens with one attached hydrogen (secondary N) is 1. The van der Waals surface area contributed by atoms with E-state index in [-0.39, 0.29) is 24.2 Å². The molecule has 2 unspecified atom stereocenters. The lowest BCUT2D eigenvalue weighted by Crippen LogP contribution is -2.28. The van der Waals surface area contributed by atoms with Crippen molar-refractivity contribution in [3.8, 4) is 0 Å². The SMILES string of the molecule is CCCC(C)c1nnc(NC(=O)C2CC(=O)N(c3cc(C)ccc3C)C2)s1. The van der Waals surface area contributed by atoms with E-state index in [4.69, 9.17) is 0 Å². The average Bonchev–Trinajstić information content (AvgIpc) is 3.24. The van der Waals surface area contributed by atoms with Crippen LogP contribution < -0.4 is 10.2 Å². The first kappa shape index (κ1) is 19.5. The summed E-state index contributed by atoms with van der Waals surface area (Å²) in [6, 6.07) is 6.03. The van der Waals surface area contributed by atoms with Gasteiger partial charge in [-0.1, -0.05) is 43.7 Å². The molecule has 1 N–H and O–H groups in total. The van der Waals surface area contributed by atoms with Crippen molar-refractivity contribution in [1.29, 1.82) is 0 Å². The Kier molecular flexibility index (Phi) is 5.89. The Hall–Kier alpha value is -2.28. The Bertz CT molecular complexity index is 848. The van der Waals surface area contributed by atoms with E-state index in [2.05, 4.69) is 29.4 Å². The van der Waals surface area contributed by atoms with Crippen molar-refractivity contribution in [3.63, 3.8) is 0 Å². The largest absolute Gasteiger partial charge is 0.311 e. The van der Waals surface area contributed by atoms with Crippen LogP contribution in [0.2, 0.25) is 0 Å². The van der Waals surface area contributed by atoms with Gasteiger partial charge in [0, 0.05) is 24.6 Å². The van der Waals surface area contributed by atoms with E-state index in [1.165, 1.54) is 11.3 Å². The average molecular weight is 387 g/mol. The fourth-order valence-electron chi connectivity index (χ4n) is 3.37.